The fourth-order valence-electron chi connectivity index (χ4n) is 2.97. The van der Waals surface area contributed by atoms with Crippen molar-refractivity contribution in [2.45, 2.75) is 40.2 Å². The highest BCUT2D eigenvalue weighted by Crippen LogP contribution is 2.15. The van der Waals surface area contributed by atoms with Gasteiger partial charge in [0.25, 0.3) is 5.91 Å². The van der Waals surface area contributed by atoms with E-state index in [1.165, 1.54) is 6.21 Å². The number of hydrogen-bond donors (Lipinski definition) is 3. The maximum absolute atomic E-state index is 12.2. The molecule has 0 saturated heterocycles. The molecule has 0 spiro atoms. The van der Waals surface area contributed by atoms with Crippen molar-refractivity contribution in [3.63, 3.8) is 0 Å². The van der Waals surface area contributed by atoms with E-state index in [1.54, 1.807) is 24.3 Å². The van der Waals surface area contributed by atoms with Crippen molar-refractivity contribution < 1.29 is 23.9 Å². The Morgan fingerprint density at radius 3 is 2.47 bits per heavy atom. The predicted octanol–water partition coefficient (Wildman–Crippen LogP) is 2.70. The Kier molecular flexibility index (Phi) is 10.7. The summed E-state index contributed by atoms with van der Waals surface area (Å²) in [6, 6.07) is 12.6. The summed E-state index contributed by atoms with van der Waals surface area (Å²) < 4.78 is 10.9. The van der Waals surface area contributed by atoms with Gasteiger partial charge in [-0.2, -0.15) is 5.10 Å². The van der Waals surface area contributed by atoms with Gasteiger partial charge >= 0.3 is 11.8 Å². The zero-order valence-corrected chi connectivity index (χ0v) is 20.0. The number of ether oxygens (including phenoxy) is 2. The quantitative estimate of drug-likeness (QED) is 0.203. The lowest BCUT2D eigenvalue weighted by atomic mass is 10.1. The average molecular weight is 469 g/mol. The lowest BCUT2D eigenvalue weighted by molar-refractivity contribution is -0.139. The topological polar surface area (TPSA) is 118 Å². The van der Waals surface area contributed by atoms with Crippen molar-refractivity contribution in [2.24, 2.45) is 5.10 Å². The lowest BCUT2D eigenvalue weighted by Gasteiger charge is -2.09. The maximum atomic E-state index is 12.2. The fraction of sp³-hybridized carbons (Fsp3) is 0.360. The molecule has 9 nitrogen and oxygen atoms in total. The highest BCUT2D eigenvalue weighted by molar-refractivity contribution is 6.35. The van der Waals surface area contributed by atoms with E-state index in [2.05, 4.69) is 21.2 Å². The first kappa shape index (κ1) is 26.5. The minimum atomic E-state index is -0.864. The number of hydrazone groups is 1. The summed E-state index contributed by atoms with van der Waals surface area (Å²) in [7, 11) is 0. The standard InChI is InChI=1S/C25H32N4O5/c1-17(2)33-10-6-9-26-24(31)25(32)29-27-15-20-7-5-8-22(14-20)34-16-23(30)28-21-12-18(3)11-19(4)13-21/h5,7-8,11-15,17H,6,9-10,16H2,1-4H3,(H,26,31)(H,28,30)(H,29,32)/b27-15-. The molecule has 0 aliphatic heterocycles. The highest BCUT2D eigenvalue weighted by Gasteiger charge is 2.11. The Bertz CT molecular complexity index is 1000. The van der Waals surface area contributed by atoms with Crippen LogP contribution >= 0.6 is 0 Å². The van der Waals surface area contributed by atoms with Crippen molar-refractivity contribution in [3.05, 3.63) is 59.2 Å². The van der Waals surface area contributed by atoms with Crippen LogP contribution in [0.15, 0.2) is 47.6 Å². The number of hydrogen-bond acceptors (Lipinski definition) is 6. The average Bonchev–Trinajstić information content (AvgIpc) is 2.76. The van der Waals surface area contributed by atoms with Gasteiger partial charge in [-0.15, -0.1) is 0 Å². The van der Waals surface area contributed by atoms with E-state index in [4.69, 9.17) is 9.47 Å². The highest BCUT2D eigenvalue weighted by atomic mass is 16.5. The number of aryl methyl sites for hydroxylation is 2. The number of anilines is 1. The molecule has 0 unspecified atom stereocenters. The van der Waals surface area contributed by atoms with Gasteiger partial charge in [-0.3, -0.25) is 14.4 Å². The number of nitrogens with zero attached hydrogens (tertiary/aromatic N) is 1. The summed E-state index contributed by atoms with van der Waals surface area (Å²) in [4.78, 5) is 35.8. The molecular weight excluding hydrogens is 436 g/mol. The van der Waals surface area contributed by atoms with E-state index >= 15 is 0 Å². The molecule has 2 aromatic carbocycles. The molecule has 0 heterocycles. The minimum absolute atomic E-state index is 0.123. The Morgan fingerprint density at radius 1 is 1.03 bits per heavy atom. The van der Waals surface area contributed by atoms with Crippen LogP contribution in [0.25, 0.3) is 0 Å². The van der Waals surface area contributed by atoms with Crippen LogP contribution in [0.2, 0.25) is 0 Å². The second kappa shape index (κ2) is 13.7. The van der Waals surface area contributed by atoms with Crippen LogP contribution in [0.3, 0.4) is 0 Å². The minimum Gasteiger partial charge on any atom is -0.484 e. The second-order valence-electron chi connectivity index (χ2n) is 8.01. The van der Waals surface area contributed by atoms with Crippen molar-refractivity contribution in [1.82, 2.24) is 10.7 Å². The van der Waals surface area contributed by atoms with E-state index in [-0.39, 0.29) is 18.6 Å². The van der Waals surface area contributed by atoms with E-state index < -0.39 is 11.8 Å². The van der Waals surface area contributed by atoms with Crippen molar-refractivity contribution in [1.29, 1.82) is 0 Å². The molecule has 3 amide bonds. The Labute approximate surface area is 199 Å². The van der Waals surface area contributed by atoms with Crippen LogP contribution in [0, 0.1) is 13.8 Å². The number of nitrogens with one attached hydrogen (secondary N) is 3. The zero-order valence-electron chi connectivity index (χ0n) is 20.0. The Hall–Kier alpha value is -3.72. The lowest BCUT2D eigenvalue weighted by Crippen LogP contribution is -2.38. The van der Waals surface area contributed by atoms with Crippen molar-refractivity contribution in [3.8, 4) is 5.75 Å². The molecular formula is C25H32N4O5. The molecule has 9 heteroatoms. The van der Waals surface area contributed by atoms with Crippen LogP contribution in [-0.2, 0) is 19.1 Å². The molecule has 182 valence electrons. The van der Waals surface area contributed by atoms with Gasteiger partial charge in [0.1, 0.15) is 5.75 Å². The third-order valence-electron chi connectivity index (χ3n) is 4.38. The van der Waals surface area contributed by atoms with Gasteiger partial charge in [-0.05, 0) is 75.1 Å². The van der Waals surface area contributed by atoms with Crippen LogP contribution in [0.1, 0.15) is 37.0 Å². The second-order valence-corrected chi connectivity index (χ2v) is 8.01. The van der Waals surface area contributed by atoms with Gasteiger partial charge in [0, 0.05) is 18.8 Å². The Morgan fingerprint density at radius 2 is 1.76 bits per heavy atom. The van der Waals surface area contributed by atoms with Gasteiger partial charge in [-0.25, -0.2) is 5.43 Å². The number of benzene rings is 2. The summed E-state index contributed by atoms with van der Waals surface area (Å²) in [5.41, 5.74) is 5.64. The fourth-order valence-corrected chi connectivity index (χ4v) is 2.97. The SMILES string of the molecule is Cc1cc(C)cc(NC(=O)COc2cccc(/C=N\NC(=O)C(=O)NCCCOC(C)C)c2)c1. The largest absolute Gasteiger partial charge is 0.484 e. The molecule has 0 aromatic heterocycles. The third-order valence-corrected chi connectivity index (χ3v) is 4.38. The molecule has 34 heavy (non-hydrogen) atoms. The zero-order chi connectivity index (χ0) is 24.9. The molecule has 0 bridgehead atoms. The summed E-state index contributed by atoms with van der Waals surface area (Å²) in [5, 5.41) is 9.11. The first-order valence-electron chi connectivity index (χ1n) is 11.1. The van der Waals surface area contributed by atoms with Crippen LogP contribution in [0.5, 0.6) is 5.75 Å². The molecule has 0 saturated carbocycles. The normalized spacial score (nSPS) is 10.9. The van der Waals surface area contributed by atoms with Gasteiger partial charge < -0.3 is 20.1 Å². The number of carbonyl (C=O) groups excluding carboxylic acids is 3. The number of carbonyl (C=O) groups is 3. The molecule has 0 fully saturated rings. The molecule has 0 radical (unpaired) electrons. The number of rotatable bonds is 11. The van der Waals surface area contributed by atoms with E-state index in [0.29, 0.717) is 30.9 Å². The maximum Gasteiger partial charge on any atom is 0.329 e. The predicted molar refractivity (Wildman–Crippen MR) is 131 cm³/mol. The molecule has 2 aromatic rings. The monoisotopic (exact) mass is 468 g/mol. The Balaban J connectivity index is 1.76. The van der Waals surface area contributed by atoms with Crippen LogP contribution < -0.4 is 20.8 Å². The van der Waals surface area contributed by atoms with E-state index in [0.717, 1.165) is 16.8 Å². The summed E-state index contributed by atoms with van der Waals surface area (Å²) >= 11 is 0. The summed E-state index contributed by atoms with van der Waals surface area (Å²) in [6.07, 6.45) is 2.11. The van der Waals surface area contributed by atoms with E-state index in [9.17, 15) is 14.4 Å². The van der Waals surface area contributed by atoms with Crippen LogP contribution in [-0.4, -0.2) is 49.8 Å². The molecule has 0 atom stereocenters. The first-order chi connectivity index (χ1) is 16.2. The van der Waals surface area contributed by atoms with Gasteiger partial charge in [0.05, 0.1) is 12.3 Å². The van der Waals surface area contributed by atoms with E-state index in [1.807, 2.05) is 45.9 Å². The molecule has 0 aliphatic rings. The first-order valence-corrected chi connectivity index (χ1v) is 11.1. The summed E-state index contributed by atoms with van der Waals surface area (Å²) in [5.74, 6) is -1.45. The van der Waals surface area contributed by atoms with Gasteiger partial charge in [0.15, 0.2) is 6.61 Å². The summed E-state index contributed by atoms with van der Waals surface area (Å²) in [6.45, 7) is 8.46. The van der Waals surface area contributed by atoms with Crippen molar-refractivity contribution >= 4 is 29.6 Å². The number of amides is 3. The molecule has 0 aliphatic carbocycles. The van der Waals surface area contributed by atoms with Gasteiger partial charge in [0.2, 0.25) is 0 Å². The van der Waals surface area contributed by atoms with Crippen molar-refractivity contribution in [2.75, 3.05) is 25.1 Å². The molecule has 3 N–H and O–H groups in total. The van der Waals surface area contributed by atoms with Gasteiger partial charge in [-0.1, -0.05) is 18.2 Å². The molecule has 2 rings (SSSR count). The smallest absolute Gasteiger partial charge is 0.329 e. The van der Waals surface area contributed by atoms with Crippen LogP contribution in [0.4, 0.5) is 5.69 Å². The third kappa shape index (κ3) is 10.3.